The number of hydrogen-bond acceptors (Lipinski definition) is 5. The Bertz CT molecular complexity index is 1260. The lowest BCUT2D eigenvalue weighted by Gasteiger charge is -2.11. The first kappa shape index (κ1) is 18.6. The minimum Gasteiger partial charge on any atom is -0.487 e. The predicted octanol–water partition coefficient (Wildman–Crippen LogP) is 4.44. The number of anilines is 1. The van der Waals surface area contributed by atoms with Gasteiger partial charge in [0, 0.05) is 30.1 Å². The number of carbonyl (C=O) groups is 1. The Morgan fingerprint density at radius 2 is 1.97 bits per heavy atom. The number of hydrogen-bond donors (Lipinski definition) is 0. The van der Waals surface area contributed by atoms with Gasteiger partial charge in [0.25, 0.3) is 5.91 Å². The van der Waals surface area contributed by atoms with Gasteiger partial charge >= 0.3 is 0 Å². The molecule has 2 aromatic heterocycles. The van der Waals surface area contributed by atoms with Crippen molar-refractivity contribution in [2.75, 3.05) is 11.4 Å². The molecule has 0 unspecified atom stereocenters. The van der Waals surface area contributed by atoms with E-state index in [-0.39, 0.29) is 5.91 Å². The van der Waals surface area contributed by atoms with Gasteiger partial charge < -0.3 is 9.30 Å². The number of imidazole rings is 1. The molecule has 1 aliphatic rings. The van der Waals surface area contributed by atoms with Crippen molar-refractivity contribution in [3.63, 3.8) is 0 Å². The summed E-state index contributed by atoms with van der Waals surface area (Å²) in [5, 5.41) is 3.01. The number of thiazole rings is 1. The summed E-state index contributed by atoms with van der Waals surface area (Å²) >= 11 is 1.60. The molecule has 0 radical (unpaired) electrons. The largest absolute Gasteiger partial charge is 0.487 e. The molecular weight excluding hydrogens is 396 g/mol. The van der Waals surface area contributed by atoms with Crippen LogP contribution < -0.4 is 9.64 Å². The number of aromatic nitrogens is 3. The van der Waals surface area contributed by atoms with Crippen LogP contribution in [-0.4, -0.2) is 27.0 Å². The zero-order valence-electron chi connectivity index (χ0n) is 16.5. The van der Waals surface area contributed by atoms with Crippen LogP contribution >= 0.6 is 11.3 Å². The Morgan fingerprint density at radius 3 is 2.83 bits per heavy atom. The number of fused-ring (bicyclic) bond motifs is 3. The Balaban J connectivity index is 1.33. The van der Waals surface area contributed by atoms with Crippen molar-refractivity contribution in [3.8, 4) is 5.75 Å². The summed E-state index contributed by atoms with van der Waals surface area (Å²) in [7, 11) is 0. The second-order valence-electron chi connectivity index (χ2n) is 7.06. The van der Waals surface area contributed by atoms with E-state index in [1.54, 1.807) is 28.4 Å². The summed E-state index contributed by atoms with van der Waals surface area (Å²) in [6, 6.07) is 15.6. The molecular formula is C23H20N4O2S. The molecule has 0 N–H and O–H groups in total. The molecule has 0 atom stereocenters. The molecule has 1 amide bonds. The highest BCUT2D eigenvalue weighted by Crippen LogP contribution is 2.28. The summed E-state index contributed by atoms with van der Waals surface area (Å²) in [5.41, 5.74) is 3.72. The maximum absolute atomic E-state index is 12.9. The van der Waals surface area contributed by atoms with E-state index < -0.39 is 0 Å². The van der Waals surface area contributed by atoms with Gasteiger partial charge in [0.05, 0.1) is 21.7 Å². The molecule has 0 saturated carbocycles. The lowest BCUT2D eigenvalue weighted by atomic mass is 10.2. The summed E-state index contributed by atoms with van der Waals surface area (Å²) in [5.74, 6) is 1.34. The molecule has 2 aromatic carbocycles. The second-order valence-corrected chi connectivity index (χ2v) is 8.12. The second kappa shape index (κ2) is 7.76. The van der Waals surface area contributed by atoms with Gasteiger partial charge in [-0.2, -0.15) is 0 Å². The molecule has 0 saturated heterocycles. The van der Waals surface area contributed by atoms with Crippen molar-refractivity contribution >= 4 is 40.3 Å². The van der Waals surface area contributed by atoms with Gasteiger partial charge in [-0.15, -0.1) is 11.3 Å². The van der Waals surface area contributed by atoms with Gasteiger partial charge in [-0.05, 0) is 31.2 Å². The monoisotopic (exact) mass is 416 g/mol. The molecule has 3 heterocycles. The van der Waals surface area contributed by atoms with Crippen LogP contribution in [0.15, 0.2) is 60.0 Å². The van der Waals surface area contributed by atoms with Crippen LogP contribution in [0.1, 0.15) is 16.3 Å². The van der Waals surface area contributed by atoms with E-state index in [9.17, 15) is 4.79 Å². The fraction of sp³-hybridized carbons (Fsp3) is 0.174. The van der Waals surface area contributed by atoms with Crippen molar-refractivity contribution in [1.82, 2.24) is 14.5 Å². The lowest BCUT2D eigenvalue weighted by Crippen LogP contribution is -2.27. The van der Waals surface area contributed by atoms with Gasteiger partial charge in [0.15, 0.2) is 0 Å². The highest BCUT2D eigenvalue weighted by Gasteiger charge is 2.26. The molecule has 7 heteroatoms. The first-order valence-corrected chi connectivity index (χ1v) is 10.6. The molecule has 1 aliphatic heterocycles. The first-order valence-electron chi connectivity index (χ1n) is 9.77. The number of amides is 1. The van der Waals surface area contributed by atoms with E-state index in [0.717, 1.165) is 39.6 Å². The Labute approximate surface area is 178 Å². The van der Waals surface area contributed by atoms with E-state index in [4.69, 9.17) is 4.74 Å². The molecule has 150 valence electrons. The summed E-state index contributed by atoms with van der Waals surface area (Å²) in [4.78, 5) is 23.7. The highest BCUT2D eigenvalue weighted by molar-refractivity contribution is 7.09. The van der Waals surface area contributed by atoms with Crippen molar-refractivity contribution < 1.29 is 9.53 Å². The topological polar surface area (TPSA) is 60.2 Å². The van der Waals surface area contributed by atoms with Crippen LogP contribution in [-0.2, 0) is 17.9 Å². The molecule has 0 aliphatic carbocycles. The van der Waals surface area contributed by atoms with E-state index in [0.29, 0.717) is 19.1 Å². The molecule has 5 rings (SSSR count). The molecule has 30 heavy (non-hydrogen) atoms. The Kier molecular flexibility index (Phi) is 4.80. The Morgan fingerprint density at radius 1 is 1.13 bits per heavy atom. The van der Waals surface area contributed by atoms with Crippen LogP contribution in [0.3, 0.4) is 0 Å². The van der Waals surface area contributed by atoms with Gasteiger partial charge in [0.1, 0.15) is 12.4 Å². The maximum Gasteiger partial charge on any atom is 0.253 e. The molecule has 0 spiro atoms. The molecule has 0 bridgehead atoms. The zero-order valence-corrected chi connectivity index (χ0v) is 17.3. The molecule has 0 fully saturated rings. The van der Waals surface area contributed by atoms with Crippen molar-refractivity contribution in [2.24, 2.45) is 0 Å². The third-order valence-electron chi connectivity index (χ3n) is 5.06. The minimum absolute atomic E-state index is 0.0889. The number of aryl methyl sites for hydroxylation is 1. The number of benzene rings is 2. The third kappa shape index (κ3) is 3.48. The van der Waals surface area contributed by atoms with Gasteiger partial charge in [0.2, 0.25) is 5.95 Å². The first-order chi connectivity index (χ1) is 14.7. The van der Waals surface area contributed by atoms with Crippen LogP contribution in [0.2, 0.25) is 0 Å². The van der Waals surface area contributed by atoms with Crippen LogP contribution in [0.25, 0.3) is 17.1 Å². The molecule has 4 aromatic rings. The van der Waals surface area contributed by atoms with E-state index in [2.05, 4.69) is 14.5 Å². The van der Waals surface area contributed by atoms with Crippen molar-refractivity contribution in [3.05, 3.63) is 76.3 Å². The number of ether oxygens (including phenoxy) is 1. The number of rotatable bonds is 5. The van der Waals surface area contributed by atoms with Crippen LogP contribution in [0.4, 0.5) is 5.95 Å². The van der Waals surface area contributed by atoms with Gasteiger partial charge in [-0.25, -0.2) is 9.97 Å². The molecule has 6 nitrogen and oxygen atoms in total. The number of carbonyl (C=O) groups excluding carboxylic acids is 1. The van der Waals surface area contributed by atoms with Crippen LogP contribution in [0.5, 0.6) is 5.75 Å². The average Bonchev–Trinajstić information content (AvgIpc) is 3.46. The number of nitrogens with zero attached hydrogens (tertiary/aromatic N) is 4. The van der Waals surface area contributed by atoms with E-state index in [1.165, 1.54) is 0 Å². The summed E-state index contributed by atoms with van der Waals surface area (Å²) in [6.07, 6.45) is 3.39. The summed E-state index contributed by atoms with van der Waals surface area (Å²) in [6.45, 7) is 3.75. The standard InChI is InChI=1S/C23H20N4O2S/c1-16-24-18(15-30-16)14-29-21-9-5-2-6-17(21)10-11-22(28)27-13-12-26-20-8-4-3-7-19(20)25-23(26)27/h2-11,15H,12-14H2,1H3/b11-10-. The Hall–Kier alpha value is -3.45. The SMILES string of the molecule is Cc1nc(COc2ccccc2/C=C\C(=O)N2CCn3c2nc2ccccc23)cs1. The van der Waals surface area contributed by atoms with Crippen molar-refractivity contribution in [2.45, 2.75) is 20.1 Å². The van der Waals surface area contributed by atoms with Gasteiger partial charge in [-0.1, -0.05) is 30.3 Å². The van der Waals surface area contributed by atoms with Gasteiger partial charge in [-0.3, -0.25) is 9.69 Å². The maximum atomic E-state index is 12.9. The summed E-state index contributed by atoms with van der Waals surface area (Å²) < 4.78 is 8.03. The van der Waals surface area contributed by atoms with Crippen LogP contribution in [0, 0.1) is 6.92 Å². The average molecular weight is 417 g/mol. The van der Waals surface area contributed by atoms with E-state index >= 15 is 0 Å². The third-order valence-corrected chi connectivity index (χ3v) is 5.88. The predicted molar refractivity (Wildman–Crippen MR) is 119 cm³/mol. The van der Waals surface area contributed by atoms with Crippen molar-refractivity contribution in [1.29, 1.82) is 0 Å². The number of para-hydroxylation sites is 3. The smallest absolute Gasteiger partial charge is 0.253 e. The lowest BCUT2D eigenvalue weighted by molar-refractivity contribution is -0.114. The van der Waals surface area contributed by atoms with E-state index in [1.807, 2.05) is 60.8 Å². The quantitative estimate of drug-likeness (QED) is 0.451. The fourth-order valence-corrected chi connectivity index (χ4v) is 4.22. The zero-order chi connectivity index (χ0) is 20.5. The fourth-order valence-electron chi connectivity index (χ4n) is 3.62. The highest BCUT2D eigenvalue weighted by atomic mass is 32.1. The normalized spacial score (nSPS) is 13.3. The minimum atomic E-state index is -0.0889.